The lowest BCUT2D eigenvalue weighted by Crippen LogP contribution is -2.50. The van der Waals surface area contributed by atoms with Crippen molar-refractivity contribution < 1.29 is 14.0 Å². The van der Waals surface area contributed by atoms with E-state index < -0.39 is 0 Å². The lowest BCUT2D eigenvalue weighted by Gasteiger charge is -2.35. The largest absolute Gasteiger partial charge is 0.340 e. The second-order valence-corrected chi connectivity index (χ2v) is 8.19. The lowest BCUT2D eigenvalue weighted by molar-refractivity contribution is -0.137. The van der Waals surface area contributed by atoms with Crippen molar-refractivity contribution in [2.75, 3.05) is 37.6 Å². The molecule has 2 aromatic heterocycles. The van der Waals surface area contributed by atoms with Gasteiger partial charge in [0.25, 0.3) is 0 Å². The van der Waals surface area contributed by atoms with Gasteiger partial charge in [0.15, 0.2) is 0 Å². The van der Waals surface area contributed by atoms with Crippen LogP contribution in [0.3, 0.4) is 0 Å². The van der Waals surface area contributed by atoms with Gasteiger partial charge in [-0.25, -0.2) is 8.91 Å². The van der Waals surface area contributed by atoms with Gasteiger partial charge in [0, 0.05) is 57.6 Å². The van der Waals surface area contributed by atoms with Crippen LogP contribution in [0.1, 0.15) is 12.1 Å². The summed E-state index contributed by atoms with van der Waals surface area (Å²) < 4.78 is 15.0. The molecule has 3 aromatic rings. The van der Waals surface area contributed by atoms with E-state index >= 15 is 0 Å². The average molecular weight is 421 g/mol. The molecule has 1 unspecified atom stereocenters. The Balaban J connectivity index is 1.16. The molecule has 2 aliphatic heterocycles. The monoisotopic (exact) mass is 421 g/mol. The van der Waals surface area contributed by atoms with Crippen LogP contribution in [0.15, 0.2) is 54.7 Å². The molecule has 2 fully saturated rings. The molecular formula is C23H24FN5O2. The molecule has 31 heavy (non-hydrogen) atoms. The number of carbonyl (C=O) groups excluding carboxylic acids is 2. The molecule has 0 N–H and O–H groups in total. The number of hydrogen-bond donors (Lipinski definition) is 0. The Bertz CT molecular complexity index is 1070. The van der Waals surface area contributed by atoms with Crippen LogP contribution >= 0.6 is 0 Å². The first-order valence-electron chi connectivity index (χ1n) is 10.6. The number of halogens is 1. The van der Waals surface area contributed by atoms with Crippen molar-refractivity contribution in [3.63, 3.8) is 0 Å². The Hall–Kier alpha value is -3.26. The zero-order chi connectivity index (χ0) is 21.4. The van der Waals surface area contributed by atoms with E-state index in [2.05, 4.69) is 16.1 Å². The van der Waals surface area contributed by atoms with Gasteiger partial charge >= 0.3 is 0 Å². The van der Waals surface area contributed by atoms with Crippen LogP contribution in [-0.4, -0.2) is 64.0 Å². The molecule has 2 amide bonds. The van der Waals surface area contributed by atoms with Crippen molar-refractivity contribution in [1.29, 1.82) is 0 Å². The van der Waals surface area contributed by atoms with E-state index in [0.29, 0.717) is 25.3 Å². The number of carbonyl (C=O) groups is 2. The van der Waals surface area contributed by atoms with Gasteiger partial charge in [0.05, 0.1) is 17.1 Å². The van der Waals surface area contributed by atoms with Gasteiger partial charge in [-0.15, -0.1) is 0 Å². The van der Waals surface area contributed by atoms with E-state index in [1.54, 1.807) is 17.0 Å². The number of pyridine rings is 1. The number of amides is 2. The molecule has 1 aromatic carbocycles. The summed E-state index contributed by atoms with van der Waals surface area (Å²) in [6, 6.07) is 13.9. The summed E-state index contributed by atoms with van der Waals surface area (Å²) in [4.78, 5) is 31.2. The molecule has 0 radical (unpaired) electrons. The second-order valence-electron chi connectivity index (χ2n) is 8.19. The molecular weight excluding hydrogens is 397 g/mol. The standard InChI is InChI=1S/C23H24FN5O2/c24-18-4-6-20(7-5-18)28-15-17(13-22(28)30)23(31)27-11-9-26(10-12-27)16-19-14-21-3-1-2-8-29(21)25-19/h1-8,14,17H,9-13,15-16H2. The number of benzene rings is 1. The Morgan fingerprint density at radius 1 is 1.06 bits per heavy atom. The quantitative estimate of drug-likeness (QED) is 0.648. The fourth-order valence-corrected chi connectivity index (χ4v) is 4.43. The molecule has 1 atom stereocenters. The molecule has 0 spiro atoms. The fraction of sp³-hybridized carbons (Fsp3) is 0.348. The molecule has 4 heterocycles. The van der Waals surface area contributed by atoms with Gasteiger partial charge in [-0.1, -0.05) is 6.07 Å². The van der Waals surface area contributed by atoms with Gasteiger partial charge in [0.2, 0.25) is 11.8 Å². The highest BCUT2D eigenvalue weighted by Gasteiger charge is 2.38. The van der Waals surface area contributed by atoms with Crippen LogP contribution in [0.5, 0.6) is 0 Å². The van der Waals surface area contributed by atoms with E-state index in [-0.39, 0.29) is 30.0 Å². The molecule has 7 nitrogen and oxygen atoms in total. The molecule has 2 saturated heterocycles. The minimum absolute atomic E-state index is 0.0327. The van der Waals surface area contributed by atoms with Gasteiger partial charge in [-0.05, 0) is 42.5 Å². The van der Waals surface area contributed by atoms with Gasteiger partial charge in [-0.2, -0.15) is 5.10 Å². The number of anilines is 1. The molecule has 8 heteroatoms. The Morgan fingerprint density at radius 3 is 2.58 bits per heavy atom. The van der Waals surface area contributed by atoms with Crippen LogP contribution in [-0.2, 0) is 16.1 Å². The first kappa shape index (κ1) is 19.7. The number of piperazine rings is 1. The normalized spacial score (nSPS) is 20.0. The highest BCUT2D eigenvalue weighted by molar-refractivity contribution is 6.00. The van der Waals surface area contributed by atoms with Crippen LogP contribution in [0.4, 0.5) is 10.1 Å². The van der Waals surface area contributed by atoms with Crippen molar-refractivity contribution in [2.24, 2.45) is 5.92 Å². The van der Waals surface area contributed by atoms with Crippen molar-refractivity contribution in [1.82, 2.24) is 19.4 Å². The summed E-state index contributed by atoms with van der Waals surface area (Å²) in [7, 11) is 0. The van der Waals surface area contributed by atoms with Gasteiger partial charge in [0.1, 0.15) is 5.82 Å². The first-order valence-corrected chi connectivity index (χ1v) is 10.6. The smallest absolute Gasteiger partial charge is 0.228 e. The molecule has 160 valence electrons. The number of fused-ring (bicyclic) bond motifs is 1. The molecule has 0 bridgehead atoms. The lowest BCUT2D eigenvalue weighted by atomic mass is 10.1. The molecule has 2 aliphatic rings. The molecule has 0 saturated carbocycles. The summed E-state index contributed by atoms with van der Waals surface area (Å²) in [6.07, 6.45) is 2.14. The maximum absolute atomic E-state index is 13.2. The molecule has 0 aliphatic carbocycles. The average Bonchev–Trinajstić information content (AvgIpc) is 3.37. The topological polar surface area (TPSA) is 61.2 Å². The summed E-state index contributed by atoms with van der Waals surface area (Å²) >= 11 is 0. The van der Waals surface area contributed by atoms with E-state index in [0.717, 1.165) is 30.8 Å². The summed E-state index contributed by atoms with van der Waals surface area (Å²) in [6.45, 7) is 3.96. The number of aromatic nitrogens is 2. The predicted molar refractivity (Wildman–Crippen MR) is 114 cm³/mol. The SMILES string of the molecule is O=C(C1CC(=O)N(c2ccc(F)cc2)C1)N1CCN(Cc2cc3ccccn3n2)CC1. The third-order valence-corrected chi connectivity index (χ3v) is 6.10. The van der Waals surface area contributed by atoms with E-state index in [1.165, 1.54) is 12.1 Å². The zero-order valence-electron chi connectivity index (χ0n) is 17.2. The Morgan fingerprint density at radius 2 is 1.84 bits per heavy atom. The summed E-state index contributed by atoms with van der Waals surface area (Å²) in [5.41, 5.74) is 2.73. The summed E-state index contributed by atoms with van der Waals surface area (Å²) in [5.74, 6) is -0.743. The maximum Gasteiger partial charge on any atom is 0.228 e. The van der Waals surface area contributed by atoms with Gasteiger partial charge < -0.3 is 9.80 Å². The highest BCUT2D eigenvalue weighted by Crippen LogP contribution is 2.27. The van der Waals surface area contributed by atoms with Crippen LogP contribution < -0.4 is 4.90 Å². The maximum atomic E-state index is 13.2. The minimum atomic E-state index is -0.345. The highest BCUT2D eigenvalue weighted by atomic mass is 19.1. The second kappa shape index (κ2) is 8.11. The number of hydrogen-bond acceptors (Lipinski definition) is 4. The van der Waals surface area contributed by atoms with Crippen molar-refractivity contribution in [3.8, 4) is 0 Å². The first-order chi connectivity index (χ1) is 15.1. The third-order valence-electron chi connectivity index (χ3n) is 6.10. The Labute approximate surface area is 179 Å². The third kappa shape index (κ3) is 4.03. The summed E-state index contributed by atoms with van der Waals surface area (Å²) in [5, 5.41) is 4.60. The van der Waals surface area contributed by atoms with Crippen LogP contribution in [0.2, 0.25) is 0 Å². The number of rotatable bonds is 4. The fourth-order valence-electron chi connectivity index (χ4n) is 4.43. The Kier molecular flexibility index (Phi) is 5.15. The zero-order valence-corrected chi connectivity index (χ0v) is 17.2. The van der Waals surface area contributed by atoms with E-state index in [4.69, 9.17) is 0 Å². The van der Waals surface area contributed by atoms with Crippen molar-refractivity contribution in [3.05, 3.63) is 66.2 Å². The van der Waals surface area contributed by atoms with Gasteiger partial charge in [-0.3, -0.25) is 14.5 Å². The predicted octanol–water partition coefficient (Wildman–Crippen LogP) is 2.17. The van der Waals surface area contributed by atoms with Crippen LogP contribution in [0.25, 0.3) is 5.52 Å². The van der Waals surface area contributed by atoms with Crippen molar-refractivity contribution in [2.45, 2.75) is 13.0 Å². The van der Waals surface area contributed by atoms with Crippen molar-refractivity contribution >= 4 is 23.0 Å². The number of nitrogens with zero attached hydrogens (tertiary/aromatic N) is 5. The molecule has 5 rings (SSSR count). The minimum Gasteiger partial charge on any atom is -0.340 e. The van der Waals surface area contributed by atoms with E-state index in [1.807, 2.05) is 33.8 Å². The van der Waals surface area contributed by atoms with E-state index in [9.17, 15) is 14.0 Å². The van der Waals surface area contributed by atoms with Crippen LogP contribution in [0, 0.1) is 11.7 Å².